The third-order valence-electron chi connectivity index (χ3n) is 3.89. The Morgan fingerprint density at radius 2 is 2.11 bits per heavy atom. The third kappa shape index (κ3) is 2.27. The van der Waals surface area contributed by atoms with E-state index in [0.717, 1.165) is 22.9 Å². The van der Waals surface area contributed by atoms with Crippen LogP contribution in [0.5, 0.6) is 0 Å². The zero-order valence-electron chi connectivity index (χ0n) is 10.9. The van der Waals surface area contributed by atoms with Crippen LogP contribution in [0.25, 0.3) is 0 Å². The number of hydrogen-bond acceptors (Lipinski definition) is 1. The molecule has 2 aromatic rings. The Morgan fingerprint density at radius 1 is 1.26 bits per heavy atom. The molecular formula is C16H16BrNO. The Hall–Kier alpha value is -1.35. The van der Waals surface area contributed by atoms with E-state index in [1.807, 2.05) is 12.1 Å². The molecule has 98 valence electrons. The number of halogens is 1. The predicted octanol–water partition coefficient (Wildman–Crippen LogP) is 4.38. The maximum Gasteiger partial charge on any atom is 0.164 e. The van der Waals surface area contributed by atoms with Crippen molar-refractivity contribution >= 4 is 21.7 Å². The highest BCUT2D eigenvalue weighted by Crippen LogP contribution is 2.29. The van der Waals surface area contributed by atoms with Crippen LogP contribution in [0.1, 0.15) is 47.4 Å². The lowest BCUT2D eigenvalue weighted by Crippen LogP contribution is -2.15. The van der Waals surface area contributed by atoms with Crippen molar-refractivity contribution in [2.24, 2.45) is 0 Å². The van der Waals surface area contributed by atoms with Gasteiger partial charge in [0.25, 0.3) is 0 Å². The molecule has 1 aliphatic rings. The van der Waals surface area contributed by atoms with Crippen molar-refractivity contribution in [1.82, 2.24) is 4.57 Å². The molecule has 3 rings (SSSR count). The van der Waals surface area contributed by atoms with Crippen molar-refractivity contribution in [3.8, 4) is 0 Å². The van der Waals surface area contributed by atoms with E-state index in [1.54, 1.807) is 0 Å². The van der Waals surface area contributed by atoms with Crippen LogP contribution in [0, 0.1) is 0 Å². The van der Waals surface area contributed by atoms with E-state index in [4.69, 9.17) is 0 Å². The Bertz CT molecular complexity index is 629. The second kappa shape index (κ2) is 4.97. The topological polar surface area (TPSA) is 22.0 Å². The van der Waals surface area contributed by atoms with Gasteiger partial charge in [0.05, 0.1) is 6.04 Å². The fourth-order valence-electron chi connectivity index (χ4n) is 2.84. The van der Waals surface area contributed by atoms with E-state index in [2.05, 4.69) is 51.8 Å². The van der Waals surface area contributed by atoms with Crippen molar-refractivity contribution in [3.05, 3.63) is 57.8 Å². The largest absolute Gasteiger partial charge is 0.344 e. The van der Waals surface area contributed by atoms with Crippen LogP contribution in [0.4, 0.5) is 0 Å². The van der Waals surface area contributed by atoms with E-state index in [-0.39, 0.29) is 6.04 Å². The van der Waals surface area contributed by atoms with Crippen LogP contribution in [0.15, 0.2) is 41.0 Å². The number of nitrogens with zero attached hydrogens (tertiary/aromatic N) is 1. The fourth-order valence-corrected chi connectivity index (χ4v) is 3.26. The first-order valence-electron chi connectivity index (χ1n) is 6.65. The molecule has 1 aromatic heterocycles. The van der Waals surface area contributed by atoms with Crippen LogP contribution in [-0.4, -0.2) is 10.4 Å². The Morgan fingerprint density at radius 3 is 2.89 bits per heavy atom. The smallest absolute Gasteiger partial charge is 0.164 e. The molecule has 2 nitrogen and oxygen atoms in total. The number of hydrogen-bond donors (Lipinski definition) is 0. The van der Waals surface area contributed by atoms with E-state index < -0.39 is 0 Å². The summed E-state index contributed by atoms with van der Waals surface area (Å²) in [4.78, 5) is 11.9. The number of fused-ring (bicyclic) bond motifs is 1. The minimum Gasteiger partial charge on any atom is -0.344 e. The third-order valence-corrected chi connectivity index (χ3v) is 4.38. The lowest BCUT2D eigenvalue weighted by Gasteiger charge is -2.21. The van der Waals surface area contributed by atoms with Gasteiger partial charge in [-0.2, -0.15) is 0 Å². The first kappa shape index (κ1) is 12.7. The van der Waals surface area contributed by atoms with E-state index >= 15 is 0 Å². The monoisotopic (exact) mass is 317 g/mol. The van der Waals surface area contributed by atoms with E-state index in [9.17, 15) is 4.79 Å². The highest BCUT2D eigenvalue weighted by molar-refractivity contribution is 9.10. The SMILES string of the molecule is CC(c1cccc(Br)c1)n1ccc2c1CCCC2=O. The average Bonchev–Trinajstić information content (AvgIpc) is 2.83. The molecule has 1 aromatic carbocycles. The molecule has 0 radical (unpaired) electrons. The highest BCUT2D eigenvalue weighted by atomic mass is 79.9. The summed E-state index contributed by atoms with van der Waals surface area (Å²) in [5.74, 6) is 0.293. The second-order valence-electron chi connectivity index (χ2n) is 5.09. The van der Waals surface area contributed by atoms with Crippen molar-refractivity contribution < 1.29 is 4.79 Å². The molecular weight excluding hydrogens is 302 g/mol. The number of carbonyl (C=O) groups is 1. The molecule has 0 saturated carbocycles. The van der Waals surface area contributed by atoms with Crippen molar-refractivity contribution in [3.63, 3.8) is 0 Å². The molecule has 0 aliphatic heterocycles. The molecule has 0 bridgehead atoms. The summed E-state index contributed by atoms with van der Waals surface area (Å²) in [6.07, 6.45) is 4.73. The first-order chi connectivity index (χ1) is 9.16. The summed E-state index contributed by atoms with van der Waals surface area (Å²) in [6, 6.07) is 10.6. The van der Waals surface area contributed by atoms with Gasteiger partial charge in [0.2, 0.25) is 0 Å². The van der Waals surface area contributed by atoms with Gasteiger partial charge in [0.1, 0.15) is 0 Å². The Balaban J connectivity index is 2.01. The summed E-state index contributed by atoms with van der Waals surface area (Å²) in [5.41, 5.74) is 3.38. The minimum absolute atomic E-state index is 0.257. The maximum absolute atomic E-state index is 11.9. The van der Waals surface area contributed by atoms with Gasteiger partial charge in [-0.25, -0.2) is 0 Å². The normalized spacial score (nSPS) is 16.2. The summed E-state index contributed by atoms with van der Waals surface area (Å²) in [6.45, 7) is 2.18. The van der Waals surface area contributed by atoms with Gasteiger partial charge in [-0.05, 0) is 43.5 Å². The number of rotatable bonds is 2. The number of ketones is 1. The molecule has 0 amide bonds. The molecule has 1 aliphatic carbocycles. The molecule has 19 heavy (non-hydrogen) atoms. The molecule has 1 heterocycles. The summed E-state index contributed by atoms with van der Waals surface area (Å²) < 4.78 is 3.34. The first-order valence-corrected chi connectivity index (χ1v) is 7.44. The molecule has 0 saturated heterocycles. The second-order valence-corrected chi connectivity index (χ2v) is 6.01. The molecule has 0 fully saturated rings. The number of Topliss-reactive ketones (excluding diaryl/α,β-unsaturated/α-hetero) is 1. The predicted molar refractivity (Wildman–Crippen MR) is 79.7 cm³/mol. The molecule has 1 atom stereocenters. The van der Waals surface area contributed by atoms with Gasteiger partial charge in [-0.15, -0.1) is 0 Å². The number of benzene rings is 1. The molecule has 0 N–H and O–H groups in total. The lowest BCUT2D eigenvalue weighted by atomic mass is 9.96. The van der Waals surface area contributed by atoms with Crippen molar-refractivity contribution in [1.29, 1.82) is 0 Å². The van der Waals surface area contributed by atoms with Crippen LogP contribution < -0.4 is 0 Å². The zero-order chi connectivity index (χ0) is 13.4. The van der Waals surface area contributed by atoms with E-state index in [0.29, 0.717) is 12.2 Å². The van der Waals surface area contributed by atoms with Gasteiger partial charge < -0.3 is 4.57 Å². The zero-order valence-corrected chi connectivity index (χ0v) is 12.5. The highest BCUT2D eigenvalue weighted by Gasteiger charge is 2.22. The van der Waals surface area contributed by atoms with Gasteiger partial charge in [0, 0.05) is 28.3 Å². The van der Waals surface area contributed by atoms with Crippen LogP contribution >= 0.6 is 15.9 Å². The average molecular weight is 318 g/mol. The quantitative estimate of drug-likeness (QED) is 0.805. The Kier molecular flexibility index (Phi) is 3.31. The fraction of sp³-hybridized carbons (Fsp3) is 0.312. The van der Waals surface area contributed by atoms with Gasteiger partial charge in [-0.1, -0.05) is 28.1 Å². The van der Waals surface area contributed by atoms with Gasteiger partial charge in [0.15, 0.2) is 5.78 Å². The molecule has 3 heteroatoms. The number of aromatic nitrogens is 1. The standard InChI is InChI=1S/C16H16BrNO/c1-11(12-4-2-5-13(17)10-12)18-9-8-14-15(18)6-3-7-16(14)19/h2,4-5,8-11H,3,6-7H2,1H3. The summed E-state index contributed by atoms with van der Waals surface area (Å²) >= 11 is 3.51. The van der Waals surface area contributed by atoms with Crippen LogP contribution in [0.3, 0.4) is 0 Å². The van der Waals surface area contributed by atoms with E-state index in [1.165, 1.54) is 11.3 Å². The summed E-state index contributed by atoms with van der Waals surface area (Å²) in [5, 5.41) is 0. The lowest BCUT2D eigenvalue weighted by molar-refractivity contribution is 0.0971. The maximum atomic E-state index is 11.9. The van der Waals surface area contributed by atoms with Crippen molar-refractivity contribution in [2.75, 3.05) is 0 Å². The van der Waals surface area contributed by atoms with Gasteiger partial charge in [-0.3, -0.25) is 4.79 Å². The molecule has 0 spiro atoms. The summed E-state index contributed by atoms with van der Waals surface area (Å²) in [7, 11) is 0. The number of carbonyl (C=O) groups excluding carboxylic acids is 1. The minimum atomic E-state index is 0.257. The van der Waals surface area contributed by atoms with Crippen LogP contribution in [-0.2, 0) is 6.42 Å². The van der Waals surface area contributed by atoms with Crippen LogP contribution in [0.2, 0.25) is 0 Å². The van der Waals surface area contributed by atoms with Gasteiger partial charge >= 0.3 is 0 Å². The molecule has 1 unspecified atom stereocenters. The van der Waals surface area contributed by atoms with Crippen molar-refractivity contribution in [2.45, 2.75) is 32.2 Å². The Labute approximate surface area is 121 Å².